The van der Waals surface area contributed by atoms with Crippen molar-refractivity contribution in [1.82, 2.24) is 10.2 Å². The van der Waals surface area contributed by atoms with Gasteiger partial charge in [-0.25, -0.2) is 0 Å². The fourth-order valence-electron chi connectivity index (χ4n) is 4.69. The molecular weight excluding hydrogens is 244 g/mol. The fraction of sp³-hybridized carbons (Fsp3) is 1.00. The van der Waals surface area contributed by atoms with Gasteiger partial charge in [-0.3, -0.25) is 4.90 Å². The van der Waals surface area contributed by atoms with Gasteiger partial charge in [-0.2, -0.15) is 0 Å². The first kappa shape index (κ1) is 16.3. The highest BCUT2D eigenvalue weighted by molar-refractivity contribution is 4.90. The molecule has 118 valence electrons. The Bertz CT molecular complexity index is 292. The maximum atomic E-state index is 3.50. The van der Waals surface area contributed by atoms with Crippen molar-refractivity contribution in [3.05, 3.63) is 0 Å². The number of nitrogens with one attached hydrogen (secondary N) is 1. The topological polar surface area (TPSA) is 15.3 Å². The monoisotopic (exact) mass is 280 g/mol. The molecule has 1 heterocycles. The molecule has 2 unspecified atom stereocenters. The van der Waals surface area contributed by atoms with Crippen molar-refractivity contribution in [3.8, 4) is 0 Å². The summed E-state index contributed by atoms with van der Waals surface area (Å²) in [5, 5.41) is 3.50. The summed E-state index contributed by atoms with van der Waals surface area (Å²) in [6, 6.07) is 1.50. The predicted octanol–water partition coefficient (Wildman–Crippen LogP) is 3.91. The molecule has 1 saturated carbocycles. The van der Waals surface area contributed by atoms with Crippen molar-refractivity contribution in [2.24, 2.45) is 17.3 Å². The molecule has 0 radical (unpaired) electrons. The highest BCUT2D eigenvalue weighted by atomic mass is 15.2. The van der Waals surface area contributed by atoms with Crippen LogP contribution in [0.25, 0.3) is 0 Å². The molecule has 1 aliphatic heterocycles. The van der Waals surface area contributed by atoms with Crippen LogP contribution in [-0.2, 0) is 0 Å². The molecular formula is C18H36N2. The molecule has 2 nitrogen and oxygen atoms in total. The summed E-state index contributed by atoms with van der Waals surface area (Å²) in [5.74, 6) is 1.80. The summed E-state index contributed by atoms with van der Waals surface area (Å²) in [7, 11) is 0. The van der Waals surface area contributed by atoms with E-state index in [1.165, 1.54) is 51.7 Å². The second-order valence-electron chi connectivity index (χ2n) is 8.55. The molecule has 0 amide bonds. The normalized spacial score (nSPS) is 31.9. The Labute approximate surface area is 126 Å². The lowest BCUT2D eigenvalue weighted by Gasteiger charge is -2.46. The number of piperidine rings is 1. The van der Waals surface area contributed by atoms with Gasteiger partial charge in [-0.1, -0.05) is 20.8 Å². The molecule has 2 atom stereocenters. The van der Waals surface area contributed by atoms with Crippen molar-refractivity contribution in [2.45, 2.75) is 78.8 Å². The van der Waals surface area contributed by atoms with Gasteiger partial charge in [0.2, 0.25) is 0 Å². The van der Waals surface area contributed by atoms with E-state index in [1.807, 2.05) is 0 Å². The van der Waals surface area contributed by atoms with E-state index in [4.69, 9.17) is 0 Å². The maximum Gasteiger partial charge on any atom is 0.0106 e. The Balaban J connectivity index is 1.99. The zero-order valence-electron chi connectivity index (χ0n) is 14.4. The van der Waals surface area contributed by atoms with Gasteiger partial charge in [-0.15, -0.1) is 0 Å². The second-order valence-corrected chi connectivity index (χ2v) is 8.55. The minimum absolute atomic E-state index is 0.531. The van der Waals surface area contributed by atoms with E-state index in [2.05, 4.69) is 44.8 Å². The molecule has 1 saturated heterocycles. The summed E-state index contributed by atoms with van der Waals surface area (Å²) >= 11 is 0. The number of hydrogen-bond acceptors (Lipinski definition) is 2. The van der Waals surface area contributed by atoms with Gasteiger partial charge in [0.1, 0.15) is 0 Å². The van der Waals surface area contributed by atoms with Gasteiger partial charge in [0.05, 0.1) is 0 Å². The van der Waals surface area contributed by atoms with Crippen molar-refractivity contribution in [1.29, 1.82) is 0 Å². The lowest BCUT2D eigenvalue weighted by Crippen LogP contribution is -2.49. The van der Waals surface area contributed by atoms with Crippen LogP contribution in [0.5, 0.6) is 0 Å². The number of nitrogens with zero attached hydrogens (tertiary/aromatic N) is 1. The van der Waals surface area contributed by atoms with Crippen molar-refractivity contribution in [3.63, 3.8) is 0 Å². The molecule has 2 fully saturated rings. The molecule has 2 heteroatoms. The minimum atomic E-state index is 0.531. The van der Waals surface area contributed by atoms with Crippen molar-refractivity contribution >= 4 is 0 Å². The molecule has 1 N–H and O–H groups in total. The van der Waals surface area contributed by atoms with Crippen LogP contribution in [0.2, 0.25) is 0 Å². The molecule has 0 bridgehead atoms. The average molecular weight is 280 g/mol. The van der Waals surface area contributed by atoms with E-state index in [9.17, 15) is 0 Å². The van der Waals surface area contributed by atoms with E-state index in [0.717, 1.165) is 17.9 Å². The van der Waals surface area contributed by atoms with E-state index >= 15 is 0 Å². The molecule has 0 aromatic rings. The van der Waals surface area contributed by atoms with Crippen LogP contribution < -0.4 is 5.32 Å². The first-order valence-electron chi connectivity index (χ1n) is 8.84. The van der Waals surface area contributed by atoms with Gasteiger partial charge < -0.3 is 5.32 Å². The molecule has 0 aromatic carbocycles. The average Bonchev–Trinajstić information content (AvgIpc) is 2.34. The Morgan fingerprint density at radius 3 is 2.35 bits per heavy atom. The summed E-state index contributed by atoms with van der Waals surface area (Å²) in [6.07, 6.45) is 6.94. The Morgan fingerprint density at radius 1 is 1.15 bits per heavy atom. The maximum absolute atomic E-state index is 3.50. The smallest absolute Gasteiger partial charge is 0.0106 e. The van der Waals surface area contributed by atoms with Gasteiger partial charge in [0.25, 0.3) is 0 Å². The molecule has 1 aliphatic carbocycles. The zero-order valence-corrected chi connectivity index (χ0v) is 14.4. The third-order valence-corrected chi connectivity index (χ3v) is 5.42. The van der Waals surface area contributed by atoms with Crippen LogP contribution >= 0.6 is 0 Å². The number of hydrogen-bond donors (Lipinski definition) is 1. The number of rotatable bonds is 4. The fourth-order valence-corrected chi connectivity index (χ4v) is 4.69. The Morgan fingerprint density at radius 2 is 1.80 bits per heavy atom. The van der Waals surface area contributed by atoms with E-state index in [-0.39, 0.29) is 0 Å². The van der Waals surface area contributed by atoms with Crippen LogP contribution in [-0.4, -0.2) is 36.6 Å². The lowest BCUT2D eigenvalue weighted by atomic mass is 9.70. The summed E-state index contributed by atoms with van der Waals surface area (Å²) in [6.45, 7) is 16.0. The third kappa shape index (κ3) is 4.46. The third-order valence-electron chi connectivity index (χ3n) is 5.42. The van der Waals surface area contributed by atoms with Gasteiger partial charge in [-0.05, 0) is 76.3 Å². The standard InChI is InChI=1S/C18H36N2/c1-14(2)20(13-16-6-8-19-9-7-16)17-10-15(3)11-18(4,5)12-17/h14-17,19H,6-13H2,1-5H3. The van der Waals surface area contributed by atoms with Gasteiger partial charge in [0, 0.05) is 18.6 Å². The first-order valence-corrected chi connectivity index (χ1v) is 8.84. The van der Waals surface area contributed by atoms with Gasteiger partial charge >= 0.3 is 0 Å². The van der Waals surface area contributed by atoms with Crippen LogP contribution in [0, 0.1) is 17.3 Å². The van der Waals surface area contributed by atoms with E-state index < -0.39 is 0 Å². The van der Waals surface area contributed by atoms with Crippen LogP contribution in [0.4, 0.5) is 0 Å². The van der Waals surface area contributed by atoms with Crippen LogP contribution in [0.3, 0.4) is 0 Å². The quantitative estimate of drug-likeness (QED) is 0.840. The van der Waals surface area contributed by atoms with E-state index in [1.54, 1.807) is 0 Å². The van der Waals surface area contributed by atoms with Crippen LogP contribution in [0.1, 0.15) is 66.7 Å². The zero-order chi connectivity index (χ0) is 14.8. The minimum Gasteiger partial charge on any atom is -0.317 e. The molecule has 0 aromatic heterocycles. The predicted molar refractivity (Wildman–Crippen MR) is 88.0 cm³/mol. The largest absolute Gasteiger partial charge is 0.317 e. The van der Waals surface area contributed by atoms with Crippen LogP contribution in [0.15, 0.2) is 0 Å². The summed E-state index contributed by atoms with van der Waals surface area (Å²) in [5.41, 5.74) is 0.531. The first-order chi connectivity index (χ1) is 9.37. The van der Waals surface area contributed by atoms with Gasteiger partial charge in [0.15, 0.2) is 0 Å². The highest BCUT2D eigenvalue weighted by Crippen LogP contribution is 2.41. The highest BCUT2D eigenvalue weighted by Gasteiger charge is 2.36. The summed E-state index contributed by atoms with van der Waals surface area (Å²) < 4.78 is 0. The van der Waals surface area contributed by atoms with Crippen molar-refractivity contribution < 1.29 is 0 Å². The summed E-state index contributed by atoms with van der Waals surface area (Å²) in [4.78, 5) is 2.84. The molecule has 20 heavy (non-hydrogen) atoms. The molecule has 2 aliphatic rings. The van der Waals surface area contributed by atoms with E-state index in [0.29, 0.717) is 11.5 Å². The Hall–Kier alpha value is -0.0800. The molecule has 2 rings (SSSR count). The second kappa shape index (κ2) is 6.79. The Kier molecular flexibility index (Phi) is 5.53. The van der Waals surface area contributed by atoms with Crippen molar-refractivity contribution in [2.75, 3.05) is 19.6 Å². The SMILES string of the molecule is CC1CC(N(CC2CCNCC2)C(C)C)CC(C)(C)C1. The lowest BCUT2D eigenvalue weighted by molar-refractivity contribution is 0.0338. The molecule has 0 spiro atoms.